The first kappa shape index (κ1) is 14.8. The second-order valence-corrected chi connectivity index (χ2v) is 6.59. The van der Waals surface area contributed by atoms with Crippen LogP contribution < -0.4 is 0 Å². The summed E-state index contributed by atoms with van der Waals surface area (Å²) in [7, 11) is 0. The molecule has 0 N–H and O–H groups in total. The van der Waals surface area contributed by atoms with Crippen LogP contribution in [0, 0.1) is 0 Å². The van der Waals surface area contributed by atoms with E-state index in [1.54, 1.807) is 0 Å². The Morgan fingerprint density at radius 3 is 2.20 bits per heavy atom. The summed E-state index contributed by atoms with van der Waals surface area (Å²) in [6.07, 6.45) is 3.67. The van der Waals surface area contributed by atoms with Crippen LogP contribution in [-0.4, -0.2) is 0 Å². The first-order chi connectivity index (χ1) is 9.52. The lowest BCUT2D eigenvalue weighted by Gasteiger charge is -2.21. The Hall–Kier alpha value is -1.56. The molecule has 0 saturated carbocycles. The van der Waals surface area contributed by atoms with Gasteiger partial charge in [-0.2, -0.15) is 0 Å². The van der Waals surface area contributed by atoms with Crippen molar-refractivity contribution in [2.45, 2.75) is 52.4 Å². The minimum Gasteiger partial charge on any atom is -0.0654 e. The standard InChI is InChI=1S/C20H26/c1-5-6-10-17-15-18(20(2,3)4)13-14-19(17)16-11-8-7-9-12-16/h7-9,11-15H,5-6,10H2,1-4H3. The zero-order valence-electron chi connectivity index (χ0n) is 13.2. The highest BCUT2D eigenvalue weighted by atomic mass is 14.2. The highest BCUT2D eigenvalue weighted by Crippen LogP contribution is 2.30. The van der Waals surface area contributed by atoms with Gasteiger partial charge in [0.15, 0.2) is 0 Å². The molecule has 0 aliphatic heterocycles. The van der Waals surface area contributed by atoms with Crippen molar-refractivity contribution in [1.82, 2.24) is 0 Å². The largest absolute Gasteiger partial charge is 0.0654 e. The van der Waals surface area contributed by atoms with Crippen LogP contribution in [0.2, 0.25) is 0 Å². The summed E-state index contributed by atoms with van der Waals surface area (Å²) in [6, 6.07) is 17.8. The van der Waals surface area contributed by atoms with E-state index in [1.165, 1.54) is 41.5 Å². The summed E-state index contributed by atoms with van der Waals surface area (Å²) in [5.41, 5.74) is 5.87. The molecule has 0 saturated heterocycles. The first-order valence-electron chi connectivity index (χ1n) is 7.71. The van der Waals surface area contributed by atoms with E-state index in [0.29, 0.717) is 0 Å². The molecular formula is C20H26. The monoisotopic (exact) mass is 266 g/mol. The maximum absolute atomic E-state index is 2.41. The molecule has 0 unspecified atom stereocenters. The molecule has 0 heteroatoms. The molecule has 0 spiro atoms. The summed E-state index contributed by atoms with van der Waals surface area (Å²) in [6.45, 7) is 9.12. The van der Waals surface area contributed by atoms with E-state index in [9.17, 15) is 0 Å². The number of hydrogen-bond donors (Lipinski definition) is 0. The molecule has 0 aliphatic carbocycles. The van der Waals surface area contributed by atoms with Gasteiger partial charge in [0.1, 0.15) is 0 Å². The fourth-order valence-corrected chi connectivity index (χ4v) is 2.53. The SMILES string of the molecule is CCCCc1cc(C(C)(C)C)ccc1-c1ccccc1. The molecule has 0 aliphatic rings. The first-order valence-corrected chi connectivity index (χ1v) is 7.71. The van der Waals surface area contributed by atoms with Crippen molar-refractivity contribution < 1.29 is 0 Å². The summed E-state index contributed by atoms with van der Waals surface area (Å²) < 4.78 is 0. The van der Waals surface area contributed by atoms with Crippen LogP contribution in [0.15, 0.2) is 48.5 Å². The maximum atomic E-state index is 2.41. The van der Waals surface area contributed by atoms with Gasteiger partial charge in [-0.05, 0) is 40.5 Å². The number of benzene rings is 2. The molecular weight excluding hydrogens is 240 g/mol. The molecule has 106 valence electrons. The van der Waals surface area contributed by atoms with Crippen LogP contribution in [0.25, 0.3) is 11.1 Å². The van der Waals surface area contributed by atoms with Crippen LogP contribution in [0.3, 0.4) is 0 Å². The minimum atomic E-state index is 0.218. The highest BCUT2D eigenvalue weighted by molar-refractivity contribution is 5.68. The van der Waals surface area contributed by atoms with Gasteiger partial charge in [-0.1, -0.05) is 82.6 Å². The van der Waals surface area contributed by atoms with Crippen molar-refractivity contribution >= 4 is 0 Å². The normalized spacial score (nSPS) is 11.6. The maximum Gasteiger partial charge on any atom is -0.0132 e. The fraction of sp³-hybridized carbons (Fsp3) is 0.400. The fourth-order valence-electron chi connectivity index (χ4n) is 2.53. The summed E-state index contributed by atoms with van der Waals surface area (Å²) in [5, 5.41) is 0. The average Bonchev–Trinajstić information content (AvgIpc) is 2.45. The molecule has 0 fully saturated rings. The Morgan fingerprint density at radius 2 is 1.60 bits per heavy atom. The molecule has 20 heavy (non-hydrogen) atoms. The van der Waals surface area contributed by atoms with Gasteiger partial charge in [0, 0.05) is 0 Å². The van der Waals surface area contributed by atoms with E-state index in [1.807, 2.05) is 0 Å². The van der Waals surface area contributed by atoms with Crippen LogP contribution in [0.4, 0.5) is 0 Å². The molecule has 0 nitrogen and oxygen atoms in total. The second kappa shape index (κ2) is 6.26. The minimum absolute atomic E-state index is 0.218. The van der Waals surface area contributed by atoms with Gasteiger partial charge in [0.2, 0.25) is 0 Å². The van der Waals surface area contributed by atoms with Crippen LogP contribution in [0.1, 0.15) is 51.7 Å². The number of rotatable bonds is 4. The van der Waals surface area contributed by atoms with E-state index in [0.717, 1.165) is 0 Å². The molecule has 0 radical (unpaired) electrons. The zero-order valence-corrected chi connectivity index (χ0v) is 13.2. The van der Waals surface area contributed by atoms with Crippen molar-refractivity contribution in [3.05, 3.63) is 59.7 Å². The molecule has 0 heterocycles. The average molecular weight is 266 g/mol. The predicted octanol–water partition coefficient (Wildman–Crippen LogP) is 5.99. The van der Waals surface area contributed by atoms with Crippen LogP contribution >= 0.6 is 0 Å². The van der Waals surface area contributed by atoms with Gasteiger partial charge < -0.3 is 0 Å². The van der Waals surface area contributed by atoms with Gasteiger partial charge in [0.25, 0.3) is 0 Å². The second-order valence-electron chi connectivity index (χ2n) is 6.59. The van der Waals surface area contributed by atoms with E-state index >= 15 is 0 Å². The third-order valence-corrected chi connectivity index (χ3v) is 3.86. The number of unbranched alkanes of at least 4 members (excludes halogenated alkanes) is 1. The Labute approximate surface area is 123 Å². The highest BCUT2D eigenvalue weighted by Gasteiger charge is 2.15. The Kier molecular flexibility index (Phi) is 4.65. The molecule has 2 rings (SSSR count). The van der Waals surface area contributed by atoms with Crippen molar-refractivity contribution in [3.63, 3.8) is 0 Å². The van der Waals surface area contributed by atoms with E-state index in [-0.39, 0.29) is 5.41 Å². The number of hydrogen-bond acceptors (Lipinski definition) is 0. The van der Waals surface area contributed by atoms with Gasteiger partial charge in [-0.15, -0.1) is 0 Å². The molecule has 2 aromatic carbocycles. The van der Waals surface area contributed by atoms with Crippen LogP contribution in [0.5, 0.6) is 0 Å². The summed E-state index contributed by atoms with van der Waals surface area (Å²) >= 11 is 0. The van der Waals surface area contributed by atoms with Gasteiger partial charge in [-0.25, -0.2) is 0 Å². The van der Waals surface area contributed by atoms with Gasteiger partial charge >= 0.3 is 0 Å². The number of aryl methyl sites for hydroxylation is 1. The Morgan fingerprint density at radius 1 is 0.900 bits per heavy atom. The van der Waals surface area contributed by atoms with E-state index in [4.69, 9.17) is 0 Å². The van der Waals surface area contributed by atoms with Gasteiger partial charge in [-0.3, -0.25) is 0 Å². The van der Waals surface area contributed by atoms with Crippen molar-refractivity contribution in [3.8, 4) is 11.1 Å². The molecule has 2 aromatic rings. The van der Waals surface area contributed by atoms with Crippen molar-refractivity contribution in [2.24, 2.45) is 0 Å². The predicted molar refractivity (Wildman–Crippen MR) is 89.2 cm³/mol. The van der Waals surface area contributed by atoms with Crippen molar-refractivity contribution in [1.29, 1.82) is 0 Å². The van der Waals surface area contributed by atoms with Gasteiger partial charge in [0.05, 0.1) is 0 Å². The summed E-state index contributed by atoms with van der Waals surface area (Å²) in [5.74, 6) is 0. The lowest BCUT2D eigenvalue weighted by atomic mass is 9.83. The third-order valence-electron chi connectivity index (χ3n) is 3.86. The Bertz CT molecular complexity index is 544. The lowest BCUT2D eigenvalue weighted by molar-refractivity contribution is 0.589. The van der Waals surface area contributed by atoms with E-state index < -0.39 is 0 Å². The Balaban J connectivity index is 2.46. The third kappa shape index (κ3) is 3.50. The summed E-state index contributed by atoms with van der Waals surface area (Å²) in [4.78, 5) is 0. The smallest absolute Gasteiger partial charge is 0.0132 e. The molecule has 0 aromatic heterocycles. The molecule has 0 atom stereocenters. The topological polar surface area (TPSA) is 0 Å². The van der Waals surface area contributed by atoms with Crippen LogP contribution in [-0.2, 0) is 11.8 Å². The zero-order chi connectivity index (χ0) is 14.6. The van der Waals surface area contributed by atoms with Crippen molar-refractivity contribution in [2.75, 3.05) is 0 Å². The molecule has 0 amide bonds. The lowest BCUT2D eigenvalue weighted by Crippen LogP contribution is -2.11. The quantitative estimate of drug-likeness (QED) is 0.637. The van der Waals surface area contributed by atoms with E-state index in [2.05, 4.69) is 76.2 Å². The molecule has 0 bridgehead atoms.